The summed E-state index contributed by atoms with van der Waals surface area (Å²) in [5.41, 5.74) is 8.44. The van der Waals surface area contributed by atoms with Gasteiger partial charge in [-0.05, 0) is 24.6 Å². The molecule has 0 aliphatic carbocycles. The number of hydrogen-bond acceptors (Lipinski definition) is 4. The molecule has 0 aliphatic heterocycles. The van der Waals surface area contributed by atoms with Gasteiger partial charge in [-0.15, -0.1) is 0 Å². The minimum atomic E-state index is -0.176. The van der Waals surface area contributed by atoms with Crippen LogP contribution in [-0.4, -0.2) is 11.1 Å². The van der Waals surface area contributed by atoms with Crippen LogP contribution in [0.15, 0.2) is 28.8 Å². The number of rotatable bonds is 4. The first-order chi connectivity index (χ1) is 9.15. The van der Waals surface area contributed by atoms with Crippen molar-refractivity contribution in [1.29, 1.82) is 0 Å². The second-order valence-corrected chi connectivity index (χ2v) is 4.27. The van der Waals surface area contributed by atoms with Gasteiger partial charge in [0.05, 0.1) is 0 Å². The third-order valence-corrected chi connectivity index (χ3v) is 2.94. The Labute approximate surface area is 111 Å². The molecule has 0 aliphatic rings. The number of aryl methyl sites for hydroxylation is 2. The minimum absolute atomic E-state index is 0.176. The van der Waals surface area contributed by atoms with Crippen LogP contribution in [0.1, 0.15) is 34.3 Å². The van der Waals surface area contributed by atoms with E-state index in [9.17, 15) is 4.79 Å². The van der Waals surface area contributed by atoms with Gasteiger partial charge in [0.25, 0.3) is 5.91 Å². The molecule has 19 heavy (non-hydrogen) atoms. The fraction of sp³-hybridized carbons (Fsp3) is 0.286. The van der Waals surface area contributed by atoms with Gasteiger partial charge in [0.2, 0.25) is 0 Å². The molecule has 1 aromatic carbocycles. The summed E-state index contributed by atoms with van der Waals surface area (Å²) in [7, 11) is 0. The van der Waals surface area contributed by atoms with Crippen molar-refractivity contribution in [3.8, 4) is 0 Å². The summed E-state index contributed by atoms with van der Waals surface area (Å²) in [6.07, 6.45) is 0.683. The van der Waals surface area contributed by atoms with E-state index in [2.05, 4.69) is 10.5 Å². The summed E-state index contributed by atoms with van der Waals surface area (Å²) in [5, 5.41) is 6.69. The first-order valence-electron chi connectivity index (χ1n) is 6.21. The molecule has 0 saturated carbocycles. The number of benzene rings is 1. The Morgan fingerprint density at radius 2 is 2.05 bits per heavy atom. The molecule has 0 unspecified atom stereocenters. The van der Waals surface area contributed by atoms with E-state index >= 15 is 0 Å². The average Bonchev–Trinajstić information content (AvgIpc) is 2.79. The summed E-state index contributed by atoms with van der Waals surface area (Å²) < 4.78 is 5.14. The van der Waals surface area contributed by atoms with Crippen LogP contribution >= 0.6 is 0 Å². The Balaban J connectivity index is 2.18. The second-order valence-electron chi connectivity index (χ2n) is 4.27. The molecule has 3 N–H and O–H groups in total. The molecular formula is C14H17N3O2. The summed E-state index contributed by atoms with van der Waals surface area (Å²) in [6.45, 7) is 4.22. The SMILES string of the molecule is CCc1onc(C)c1NC(=O)c1ccc(CN)cc1. The van der Waals surface area contributed by atoms with Gasteiger partial charge in [-0.3, -0.25) is 4.79 Å². The fourth-order valence-electron chi connectivity index (χ4n) is 1.80. The molecule has 2 rings (SSSR count). The van der Waals surface area contributed by atoms with Crippen LogP contribution in [0.4, 0.5) is 5.69 Å². The molecule has 0 atom stereocenters. The fourth-order valence-corrected chi connectivity index (χ4v) is 1.80. The van der Waals surface area contributed by atoms with Crippen molar-refractivity contribution in [2.75, 3.05) is 5.32 Å². The van der Waals surface area contributed by atoms with E-state index in [0.717, 1.165) is 5.56 Å². The van der Waals surface area contributed by atoms with Crippen LogP contribution in [0.25, 0.3) is 0 Å². The zero-order valence-electron chi connectivity index (χ0n) is 11.1. The number of anilines is 1. The number of aromatic nitrogens is 1. The summed E-state index contributed by atoms with van der Waals surface area (Å²) >= 11 is 0. The molecule has 1 amide bonds. The van der Waals surface area contributed by atoms with Crippen LogP contribution < -0.4 is 11.1 Å². The predicted octanol–water partition coefficient (Wildman–Crippen LogP) is 2.26. The monoisotopic (exact) mass is 259 g/mol. The van der Waals surface area contributed by atoms with Crippen molar-refractivity contribution in [2.24, 2.45) is 5.73 Å². The van der Waals surface area contributed by atoms with Crippen molar-refractivity contribution < 1.29 is 9.32 Å². The maximum atomic E-state index is 12.1. The van der Waals surface area contributed by atoms with Crippen LogP contribution in [-0.2, 0) is 13.0 Å². The highest BCUT2D eigenvalue weighted by Crippen LogP contribution is 2.21. The summed E-state index contributed by atoms with van der Waals surface area (Å²) in [5.74, 6) is 0.508. The van der Waals surface area contributed by atoms with Crippen LogP contribution in [0.3, 0.4) is 0 Å². The number of nitrogens with zero attached hydrogens (tertiary/aromatic N) is 1. The Bertz CT molecular complexity index is 573. The van der Waals surface area contributed by atoms with Gasteiger partial charge in [0.1, 0.15) is 11.4 Å². The van der Waals surface area contributed by atoms with Gasteiger partial charge in [-0.2, -0.15) is 0 Å². The third kappa shape index (κ3) is 2.82. The topological polar surface area (TPSA) is 81.2 Å². The Hall–Kier alpha value is -2.14. The van der Waals surface area contributed by atoms with E-state index in [0.29, 0.717) is 35.7 Å². The lowest BCUT2D eigenvalue weighted by atomic mass is 10.1. The summed E-state index contributed by atoms with van der Waals surface area (Å²) in [4.78, 5) is 12.1. The molecule has 100 valence electrons. The van der Waals surface area contributed by atoms with Crippen molar-refractivity contribution in [1.82, 2.24) is 5.16 Å². The zero-order valence-corrected chi connectivity index (χ0v) is 11.1. The van der Waals surface area contributed by atoms with Crippen LogP contribution in [0.5, 0.6) is 0 Å². The van der Waals surface area contributed by atoms with Crippen molar-refractivity contribution in [3.63, 3.8) is 0 Å². The largest absolute Gasteiger partial charge is 0.359 e. The molecule has 2 aromatic rings. The predicted molar refractivity (Wildman–Crippen MR) is 72.9 cm³/mol. The first-order valence-corrected chi connectivity index (χ1v) is 6.21. The van der Waals surface area contributed by atoms with Crippen LogP contribution in [0.2, 0.25) is 0 Å². The van der Waals surface area contributed by atoms with E-state index in [1.807, 2.05) is 19.1 Å². The molecular weight excluding hydrogens is 242 g/mol. The number of carbonyl (C=O) groups is 1. The molecule has 1 heterocycles. The number of hydrogen-bond donors (Lipinski definition) is 2. The Morgan fingerprint density at radius 1 is 1.37 bits per heavy atom. The molecule has 0 spiro atoms. The molecule has 0 saturated heterocycles. The highest BCUT2D eigenvalue weighted by Gasteiger charge is 2.15. The molecule has 1 aromatic heterocycles. The van der Waals surface area contributed by atoms with Crippen LogP contribution in [0, 0.1) is 6.92 Å². The van der Waals surface area contributed by atoms with Crippen molar-refractivity contribution in [3.05, 3.63) is 46.8 Å². The van der Waals surface area contributed by atoms with E-state index in [-0.39, 0.29) is 5.91 Å². The summed E-state index contributed by atoms with van der Waals surface area (Å²) in [6, 6.07) is 7.20. The van der Waals surface area contributed by atoms with E-state index < -0.39 is 0 Å². The van der Waals surface area contributed by atoms with Gasteiger partial charge in [0.15, 0.2) is 5.76 Å². The molecule has 5 nitrogen and oxygen atoms in total. The lowest BCUT2D eigenvalue weighted by Gasteiger charge is -2.05. The quantitative estimate of drug-likeness (QED) is 0.882. The Morgan fingerprint density at radius 3 is 2.63 bits per heavy atom. The lowest BCUT2D eigenvalue weighted by Crippen LogP contribution is -2.13. The van der Waals surface area contributed by atoms with Gasteiger partial charge in [-0.1, -0.05) is 24.2 Å². The molecule has 0 radical (unpaired) electrons. The zero-order chi connectivity index (χ0) is 13.8. The lowest BCUT2D eigenvalue weighted by molar-refractivity contribution is 0.102. The van der Waals surface area contributed by atoms with E-state index in [1.54, 1.807) is 19.1 Å². The van der Waals surface area contributed by atoms with E-state index in [4.69, 9.17) is 10.3 Å². The normalized spacial score (nSPS) is 10.5. The second kappa shape index (κ2) is 5.67. The van der Waals surface area contributed by atoms with Crippen molar-refractivity contribution in [2.45, 2.75) is 26.8 Å². The Kier molecular flexibility index (Phi) is 3.97. The smallest absolute Gasteiger partial charge is 0.255 e. The van der Waals surface area contributed by atoms with E-state index in [1.165, 1.54) is 0 Å². The maximum absolute atomic E-state index is 12.1. The number of nitrogens with one attached hydrogen (secondary N) is 1. The number of carbonyl (C=O) groups excluding carboxylic acids is 1. The number of amides is 1. The first kappa shape index (κ1) is 13.3. The maximum Gasteiger partial charge on any atom is 0.255 e. The molecule has 5 heteroatoms. The third-order valence-electron chi connectivity index (χ3n) is 2.94. The minimum Gasteiger partial charge on any atom is -0.359 e. The average molecular weight is 259 g/mol. The van der Waals surface area contributed by atoms with Gasteiger partial charge >= 0.3 is 0 Å². The van der Waals surface area contributed by atoms with Gasteiger partial charge < -0.3 is 15.6 Å². The highest BCUT2D eigenvalue weighted by atomic mass is 16.5. The van der Waals surface area contributed by atoms with Gasteiger partial charge in [0, 0.05) is 18.5 Å². The molecule has 0 fully saturated rings. The van der Waals surface area contributed by atoms with Gasteiger partial charge in [-0.25, -0.2) is 0 Å². The molecule has 0 bridgehead atoms. The standard InChI is InChI=1S/C14H17N3O2/c1-3-12-13(9(2)17-19-12)16-14(18)11-6-4-10(8-15)5-7-11/h4-7H,3,8,15H2,1-2H3,(H,16,18). The number of nitrogens with two attached hydrogens (primary N) is 1. The van der Waals surface area contributed by atoms with Crippen molar-refractivity contribution >= 4 is 11.6 Å². The highest BCUT2D eigenvalue weighted by molar-refractivity contribution is 6.04.